The van der Waals surface area contributed by atoms with Crippen molar-refractivity contribution in [1.29, 1.82) is 0 Å². The maximum absolute atomic E-state index is 4.07. The van der Waals surface area contributed by atoms with Crippen LogP contribution in [0.3, 0.4) is 0 Å². The van der Waals surface area contributed by atoms with E-state index >= 15 is 0 Å². The van der Waals surface area contributed by atoms with Crippen LogP contribution in [0.4, 0.5) is 0 Å². The number of hydrogen-bond donors (Lipinski definition) is 0. The highest BCUT2D eigenvalue weighted by molar-refractivity contribution is 5.55. The minimum atomic E-state index is 0.744. The van der Waals surface area contributed by atoms with E-state index in [1.807, 2.05) is 12.5 Å². The summed E-state index contributed by atoms with van der Waals surface area (Å²) in [5, 5.41) is 0. The van der Waals surface area contributed by atoms with Gasteiger partial charge in [0.05, 0.1) is 6.34 Å². The van der Waals surface area contributed by atoms with Crippen molar-refractivity contribution in [2.75, 3.05) is 13.6 Å². The number of rotatable bonds is 0. The second-order valence-electron chi connectivity index (χ2n) is 2.93. The van der Waals surface area contributed by atoms with Crippen LogP contribution in [-0.4, -0.2) is 24.8 Å². The Bertz CT molecular complexity index is 149. The molecular formula is C8H14N2. The van der Waals surface area contributed by atoms with Gasteiger partial charge in [-0.2, -0.15) is 0 Å². The fourth-order valence-corrected chi connectivity index (χ4v) is 1.12. The molecule has 1 unspecified atom stereocenters. The predicted octanol–water partition coefficient (Wildman–Crippen LogP) is 1.50. The molecule has 56 valence electrons. The van der Waals surface area contributed by atoms with Crippen LogP contribution in [-0.2, 0) is 0 Å². The molecule has 2 heteroatoms. The first kappa shape index (κ1) is 7.32. The first-order valence-electron chi connectivity index (χ1n) is 3.67. The Balaban J connectivity index is 2.52. The van der Waals surface area contributed by atoms with Crippen molar-refractivity contribution in [2.45, 2.75) is 13.3 Å². The molecule has 0 aromatic carbocycles. The Morgan fingerprint density at radius 2 is 2.40 bits per heavy atom. The van der Waals surface area contributed by atoms with Crippen molar-refractivity contribution < 1.29 is 0 Å². The SMILES string of the molecule is CC1C/C=C/N=CN(C)C1. The van der Waals surface area contributed by atoms with E-state index in [4.69, 9.17) is 0 Å². The third-order valence-corrected chi connectivity index (χ3v) is 1.59. The van der Waals surface area contributed by atoms with E-state index in [0.717, 1.165) is 18.9 Å². The van der Waals surface area contributed by atoms with Gasteiger partial charge in [-0.3, -0.25) is 0 Å². The first-order valence-corrected chi connectivity index (χ1v) is 3.67. The Morgan fingerprint density at radius 1 is 1.60 bits per heavy atom. The van der Waals surface area contributed by atoms with Gasteiger partial charge in [-0.25, -0.2) is 4.99 Å². The quantitative estimate of drug-likeness (QED) is 0.495. The average molecular weight is 138 g/mol. The molecule has 0 saturated heterocycles. The molecule has 10 heavy (non-hydrogen) atoms. The van der Waals surface area contributed by atoms with Gasteiger partial charge in [-0.1, -0.05) is 13.0 Å². The zero-order chi connectivity index (χ0) is 7.40. The van der Waals surface area contributed by atoms with Crippen LogP contribution >= 0.6 is 0 Å². The molecule has 0 aromatic rings. The Kier molecular flexibility index (Phi) is 2.49. The van der Waals surface area contributed by atoms with Crippen LogP contribution in [0.15, 0.2) is 17.3 Å². The van der Waals surface area contributed by atoms with Crippen LogP contribution in [0.25, 0.3) is 0 Å². The summed E-state index contributed by atoms with van der Waals surface area (Å²) in [6.07, 6.45) is 6.99. The molecule has 0 bridgehead atoms. The highest BCUT2D eigenvalue weighted by atomic mass is 15.1. The van der Waals surface area contributed by atoms with E-state index < -0.39 is 0 Å². The van der Waals surface area contributed by atoms with Crippen LogP contribution in [0, 0.1) is 5.92 Å². The standard InChI is InChI=1S/C8H14N2/c1-8-4-3-5-9-7-10(2)6-8/h3,5,7-8H,4,6H2,1-2H3/b5-3+,9-7?. The van der Waals surface area contributed by atoms with Gasteiger partial charge in [0.15, 0.2) is 0 Å². The normalized spacial score (nSPS) is 29.4. The van der Waals surface area contributed by atoms with Crippen molar-refractivity contribution >= 4 is 6.34 Å². The fourth-order valence-electron chi connectivity index (χ4n) is 1.12. The summed E-state index contributed by atoms with van der Waals surface area (Å²) in [6, 6.07) is 0. The van der Waals surface area contributed by atoms with E-state index in [2.05, 4.69) is 29.9 Å². The van der Waals surface area contributed by atoms with E-state index in [0.29, 0.717) is 0 Å². The highest BCUT2D eigenvalue weighted by Gasteiger charge is 2.02. The minimum Gasteiger partial charge on any atom is -0.365 e. The van der Waals surface area contributed by atoms with Crippen LogP contribution in [0.5, 0.6) is 0 Å². The van der Waals surface area contributed by atoms with Crippen molar-refractivity contribution in [3.8, 4) is 0 Å². The Labute approximate surface area is 62.3 Å². The third-order valence-electron chi connectivity index (χ3n) is 1.59. The number of allylic oxidation sites excluding steroid dienone is 1. The highest BCUT2D eigenvalue weighted by Crippen LogP contribution is 2.05. The second-order valence-corrected chi connectivity index (χ2v) is 2.93. The lowest BCUT2D eigenvalue weighted by Crippen LogP contribution is -2.23. The lowest BCUT2D eigenvalue weighted by atomic mass is 10.1. The molecule has 1 heterocycles. The Hall–Kier alpha value is -0.790. The van der Waals surface area contributed by atoms with Gasteiger partial charge in [-0.05, 0) is 12.3 Å². The molecular weight excluding hydrogens is 124 g/mol. The molecule has 0 amide bonds. The fraction of sp³-hybridized carbons (Fsp3) is 0.625. The largest absolute Gasteiger partial charge is 0.365 e. The minimum absolute atomic E-state index is 0.744. The monoisotopic (exact) mass is 138 g/mol. The van der Waals surface area contributed by atoms with E-state index in [-0.39, 0.29) is 0 Å². The van der Waals surface area contributed by atoms with Crippen LogP contribution < -0.4 is 0 Å². The molecule has 0 aliphatic carbocycles. The molecule has 0 aromatic heterocycles. The van der Waals surface area contributed by atoms with Gasteiger partial charge in [0.25, 0.3) is 0 Å². The van der Waals surface area contributed by atoms with Crippen LogP contribution in [0.2, 0.25) is 0 Å². The maximum atomic E-state index is 4.07. The predicted molar refractivity (Wildman–Crippen MR) is 44.0 cm³/mol. The summed E-state index contributed by atoms with van der Waals surface area (Å²) >= 11 is 0. The maximum Gasteiger partial charge on any atom is 0.0902 e. The van der Waals surface area contributed by atoms with Gasteiger partial charge in [-0.15, -0.1) is 0 Å². The molecule has 0 radical (unpaired) electrons. The molecule has 1 aliphatic heterocycles. The van der Waals surface area contributed by atoms with E-state index in [9.17, 15) is 0 Å². The summed E-state index contributed by atoms with van der Waals surface area (Å²) < 4.78 is 0. The molecule has 1 aliphatic rings. The number of aliphatic imine (C=N–C) groups is 1. The number of hydrogen-bond acceptors (Lipinski definition) is 2. The summed E-state index contributed by atoms with van der Waals surface area (Å²) in [5.74, 6) is 0.744. The molecule has 0 N–H and O–H groups in total. The van der Waals surface area contributed by atoms with Crippen LogP contribution in [0.1, 0.15) is 13.3 Å². The summed E-state index contributed by atoms with van der Waals surface area (Å²) in [7, 11) is 2.05. The zero-order valence-electron chi connectivity index (χ0n) is 6.62. The molecule has 2 nitrogen and oxygen atoms in total. The van der Waals surface area contributed by atoms with Crippen molar-refractivity contribution in [2.24, 2.45) is 10.9 Å². The molecule has 1 rings (SSSR count). The lowest BCUT2D eigenvalue weighted by Gasteiger charge is -2.18. The van der Waals surface area contributed by atoms with Gasteiger partial charge < -0.3 is 4.90 Å². The van der Waals surface area contributed by atoms with Gasteiger partial charge in [0.1, 0.15) is 0 Å². The first-order chi connectivity index (χ1) is 4.79. The van der Waals surface area contributed by atoms with Crippen molar-refractivity contribution in [3.05, 3.63) is 12.3 Å². The topological polar surface area (TPSA) is 15.6 Å². The average Bonchev–Trinajstić information content (AvgIpc) is 1.83. The molecule has 1 atom stereocenters. The molecule has 0 spiro atoms. The van der Waals surface area contributed by atoms with E-state index in [1.165, 1.54) is 0 Å². The second kappa shape index (κ2) is 3.40. The van der Waals surface area contributed by atoms with E-state index in [1.54, 1.807) is 0 Å². The molecule has 0 saturated carbocycles. The summed E-state index contributed by atoms with van der Waals surface area (Å²) in [4.78, 5) is 6.19. The lowest BCUT2D eigenvalue weighted by molar-refractivity contribution is 0.412. The number of nitrogens with zero attached hydrogens (tertiary/aromatic N) is 2. The van der Waals surface area contributed by atoms with Crippen molar-refractivity contribution in [3.63, 3.8) is 0 Å². The van der Waals surface area contributed by atoms with Gasteiger partial charge in [0, 0.05) is 19.8 Å². The van der Waals surface area contributed by atoms with Crippen molar-refractivity contribution in [1.82, 2.24) is 4.90 Å². The summed E-state index contributed by atoms with van der Waals surface area (Å²) in [6.45, 7) is 3.36. The van der Waals surface area contributed by atoms with Gasteiger partial charge in [0.2, 0.25) is 0 Å². The zero-order valence-corrected chi connectivity index (χ0v) is 6.62. The molecule has 0 fully saturated rings. The Morgan fingerprint density at radius 3 is 3.20 bits per heavy atom. The summed E-state index contributed by atoms with van der Waals surface area (Å²) in [5.41, 5.74) is 0. The van der Waals surface area contributed by atoms with Gasteiger partial charge >= 0.3 is 0 Å². The smallest absolute Gasteiger partial charge is 0.0902 e. The third kappa shape index (κ3) is 2.21.